The van der Waals surface area contributed by atoms with Crippen molar-refractivity contribution < 1.29 is 9.53 Å². The number of benzene rings is 2. The molecule has 4 rings (SSSR count). The molecule has 1 atom stereocenters. The fraction of sp³-hybridized carbons (Fsp3) is 0.286. The molecular formula is C21H21ClN4O2S. The molecule has 0 N–H and O–H groups in total. The first-order valence-corrected chi connectivity index (χ1v) is 10.7. The van der Waals surface area contributed by atoms with E-state index in [4.69, 9.17) is 16.3 Å². The molecule has 8 heteroatoms. The van der Waals surface area contributed by atoms with E-state index in [2.05, 4.69) is 23.2 Å². The van der Waals surface area contributed by atoms with Crippen molar-refractivity contribution in [2.24, 2.45) is 7.05 Å². The largest absolute Gasteiger partial charge is 0.484 e. The molecule has 6 nitrogen and oxygen atoms in total. The van der Waals surface area contributed by atoms with Crippen molar-refractivity contribution in [3.8, 4) is 5.75 Å². The number of rotatable bonds is 6. The number of amides is 1. The highest BCUT2D eigenvalue weighted by Crippen LogP contribution is 2.32. The quantitative estimate of drug-likeness (QED) is 0.553. The fourth-order valence-corrected chi connectivity index (χ4v) is 4.42. The number of para-hydroxylation sites is 2. The van der Waals surface area contributed by atoms with Gasteiger partial charge in [0, 0.05) is 18.8 Å². The number of carbonyl (C=O) groups is 1. The lowest BCUT2D eigenvalue weighted by Gasteiger charge is -2.22. The van der Waals surface area contributed by atoms with Crippen molar-refractivity contribution in [3.63, 3.8) is 0 Å². The number of hydrogen-bond acceptors (Lipinski definition) is 5. The summed E-state index contributed by atoms with van der Waals surface area (Å²) in [6.45, 7) is 2.33. The van der Waals surface area contributed by atoms with Crippen LogP contribution in [0.3, 0.4) is 0 Å². The fourth-order valence-electron chi connectivity index (χ4n) is 3.44. The van der Waals surface area contributed by atoms with E-state index in [1.807, 2.05) is 52.9 Å². The molecule has 0 saturated heterocycles. The second-order valence-electron chi connectivity index (χ2n) is 6.91. The number of fused-ring (bicyclic) bond motifs is 1. The van der Waals surface area contributed by atoms with Gasteiger partial charge in [0.25, 0.3) is 0 Å². The Morgan fingerprint density at radius 1 is 1.21 bits per heavy atom. The van der Waals surface area contributed by atoms with Crippen LogP contribution in [-0.2, 0) is 24.9 Å². The molecule has 0 bridgehead atoms. The zero-order valence-corrected chi connectivity index (χ0v) is 17.8. The average Bonchev–Trinajstić information content (AvgIpc) is 3.24. The van der Waals surface area contributed by atoms with Gasteiger partial charge >= 0.3 is 0 Å². The average molecular weight is 429 g/mol. The van der Waals surface area contributed by atoms with Crippen molar-refractivity contribution in [1.82, 2.24) is 14.8 Å². The number of carbonyl (C=O) groups excluding carboxylic acids is 1. The molecule has 0 radical (unpaired) electrons. The molecule has 2 aromatic carbocycles. The summed E-state index contributed by atoms with van der Waals surface area (Å²) in [7, 11) is 1.87. The highest BCUT2D eigenvalue weighted by Gasteiger charge is 2.30. The lowest BCUT2D eigenvalue weighted by atomic mass is 10.1. The molecule has 1 aliphatic rings. The predicted octanol–water partition coefficient (Wildman–Crippen LogP) is 4.12. The lowest BCUT2D eigenvalue weighted by Crippen LogP contribution is -2.37. The second-order valence-corrected chi connectivity index (χ2v) is 8.26. The normalized spacial score (nSPS) is 15.4. The van der Waals surface area contributed by atoms with Gasteiger partial charge in [-0.25, -0.2) is 0 Å². The molecule has 1 amide bonds. The van der Waals surface area contributed by atoms with Crippen LogP contribution < -0.4 is 9.64 Å². The number of aromatic nitrogens is 3. The van der Waals surface area contributed by atoms with Crippen LogP contribution in [0, 0.1) is 0 Å². The maximum Gasteiger partial charge on any atom is 0.237 e. The number of hydrogen-bond donors (Lipinski definition) is 0. The number of thioether (sulfide) groups is 1. The summed E-state index contributed by atoms with van der Waals surface area (Å²) < 4.78 is 7.58. The van der Waals surface area contributed by atoms with Crippen LogP contribution in [0.15, 0.2) is 53.7 Å². The van der Waals surface area contributed by atoms with Gasteiger partial charge in [-0.15, -0.1) is 10.2 Å². The van der Waals surface area contributed by atoms with Crippen LogP contribution in [-0.4, -0.2) is 32.5 Å². The van der Waals surface area contributed by atoms with Crippen molar-refractivity contribution in [3.05, 3.63) is 64.9 Å². The Balaban J connectivity index is 1.38. The van der Waals surface area contributed by atoms with Gasteiger partial charge in [-0.3, -0.25) is 4.79 Å². The molecule has 150 valence electrons. The summed E-state index contributed by atoms with van der Waals surface area (Å²) in [5.74, 6) is 1.64. The minimum atomic E-state index is 0.0734. The van der Waals surface area contributed by atoms with E-state index in [1.165, 1.54) is 17.3 Å². The van der Waals surface area contributed by atoms with Crippen molar-refractivity contribution in [2.75, 3.05) is 10.7 Å². The van der Waals surface area contributed by atoms with Gasteiger partial charge in [0.2, 0.25) is 5.91 Å². The zero-order valence-electron chi connectivity index (χ0n) is 16.2. The smallest absolute Gasteiger partial charge is 0.237 e. The molecular weight excluding hydrogens is 408 g/mol. The molecule has 29 heavy (non-hydrogen) atoms. The van der Waals surface area contributed by atoms with Crippen LogP contribution >= 0.6 is 23.4 Å². The minimum absolute atomic E-state index is 0.0734. The third-order valence-electron chi connectivity index (χ3n) is 4.92. The maximum atomic E-state index is 12.9. The topological polar surface area (TPSA) is 60.3 Å². The second kappa shape index (κ2) is 8.47. The minimum Gasteiger partial charge on any atom is -0.484 e. The van der Waals surface area contributed by atoms with Crippen molar-refractivity contribution in [1.29, 1.82) is 0 Å². The Morgan fingerprint density at radius 2 is 1.97 bits per heavy atom. The predicted molar refractivity (Wildman–Crippen MR) is 115 cm³/mol. The van der Waals surface area contributed by atoms with E-state index in [0.29, 0.717) is 27.5 Å². The summed E-state index contributed by atoms with van der Waals surface area (Å²) >= 11 is 7.50. The zero-order chi connectivity index (χ0) is 20.4. The summed E-state index contributed by atoms with van der Waals surface area (Å²) in [6.07, 6.45) is 0.889. The monoisotopic (exact) mass is 428 g/mol. The summed E-state index contributed by atoms with van der Waals surface area (Å²) in [5.41, 5.74) is 2.23. The molecule has 0 fully saturated rings. The van der Waals surface area contributed by atoms with E-state index in [1.54, 1.807) is 6.07 Å². The first kappa shape index (κ1) is 19.8. The highest BCUT2D eigenvalue weighted by atomic mass is 35.5. The molecule has 0 aliphatic carbocycles. The first-order chi connectivity index (χ1) is 14.0. The molecule has 1 aromatic heterocycles. The molecule has 0 spiro atoms. The van der Waals surface area contributed by atoms with Gasteiger partial charge in [0.05, 0.1) is 10.8 Å². The third-order valence-corrected chi connectivity index (χ3v) is 6.24. The van der Waals surface area contributed by atoms with Crippen molar-refractivity contribution in [2.45, 2.75) is 31.1 Å². The summed E-state index contributed by atoms with van der Waals surface area (Å²) in [4.78, 5) is 14.8. The lowest BCUT2D eigenvalue weighted by molar-refractivity contribution is -0.116. The van der Waals surface area contributed by atoms with E-state index in [-0.39, 0.29) is 18.6 Å². The Bertz CT molecular complexity index is 1040. The standard InChI is InChI=1S/C21H21ClN4O2S/c1-14-11-15-7-3-5-9-17(15)26(14)20(27)13-29-21-24-23-19(25(21)2)12-28-18-10-6-4-8-16(18)22/h3-10,14H,11-13H2,1-2H3. The van der Waals surface area contributed by atoms with Crippen LogP contribution in [0.5, 0.6) is 5.75 Å². The molecule has 3 aromatic rings. The molecule has 1 unspecified atom stereocenters. The van der Waals surface area contributed by atoms with E-state index in [9.17, 15) is 4.79 Å². The number of anilines is 1. The van der Waals surface area contributed by atoms with Gasteiger partial charge in [0.1, 0.15) is 12.4 Å². The Kier molecular flexibility index (Phi) is 5.78. The molecule has 2 heterocycles. The number of nitrogens with zero attached hydrogens (tertiary/aromatic N) is 4. The van der Waals surface area contributed by atoms with Gasteiger partial charge in [0.15, 0.2) is 11.0 Å². The van der Waals surface area contributed by atoms with Gasteiger partial charge in [-0.2, -0.15) is 0 Å². The molecule has 1 aliphatic heterocycles. The SMILES string of the molecule is CC1Cc2ccccc2N1C(=O)CSc1nnc(COc2ccccc2Cl)n1C. The van der Waals surface area contributed by atoms with Crippen molar-refractivity contribution >= 4 is 35.0 Å². The van der Waals surface area contributed by atoms with Crippen LogP contribution in [0.25, 0.3) is 0 Å². The van der Waals surface area contributed by atoms with Crippen LogP contribution in [0.4, 0.5) is 5.69 Å². The van der Waals surface area contributed by atoms with E-state index >= 15 is 0 Å². The third kappa shape index (κ3) is 4.11. The Hall–Kier alpha value is -2.51. The van der Waals surface area contributed by atoms with Gasteiger partial charge in [-0.05, 0) is 37.1 Å². The number of halogens is 1. The maximum absolute atomic E-state index is 12.9. The Labute approximate surface area is 178 Å². The van der Waals surface area contributed by atoms with E-state index < -0.39 is 0 Å². The van der Waals surface area contributed by atoms with Crippen LogP contribution in [0.2, 0.25) is 5.02 Å². The van der Waals surface area contributed by atoms with Gasteiger partial charge in [-0.1, -0.05) is 53.7 Å². The summed E-state index contributed by atoms with van der Waals surface area (Å²) in [6, 6.07) is 15.5. The summed E-state index contributed by atoms with van der Waals surface area (Å²) in [5, 5.41) is 9.62. The van der Waals surface area contributed by atoms with Gasteiger partial charge < -0.3 is 14.2 Å². The highest BCUT2D eigenvalue weighted by molar-refractivity contribution is 7.99. The number of ether oxygens (including phenoxy) is 1. The first-order valence-electron chi connectivity index (χ1n) is 9.33. The van der Waals surface area contributed by atoms with E-state index in [0.717, 1.165) is 12.1 Å². The Morgan fingerprint density at radius 3 is 2.79 bits per heavy atom. The molecule has 0 saturated carbocycles. The van der Waals surface area contributed by atoms with Crippen LogP contribution in [0.1, 0.15) is 18.3 Å².